The maximum Gasteiger partial charge on any atom is 0.240 e. The molecule has 0 spiro atoms. The summed E-state index contributed by atoms with van der Waals surface area (Å²) in [5.74, 6) is -0.817. The summed E-state index contributed by atoms with van der Waals surface area (Å²) in [6.07, 6.45) is 0.490. The lowest BCUT2D eigenvalue weighted by Crippen LogP contribution is -2.46. The molecule has 132 valence electrons. The summed E-state index contributed by atoms with van der Waals surface area (Å²) < 4.78 is 0. The van der Waals surface area contributed by atoms with Crippen molar-refractivity contribution < 1.29 is 9.59 Å². The second kappa shape index (κ2) is 8.02. The van der Waals surface area contributed by atoms with Crippen LogP contribution in [0.1, 0.15) is 11.1 Å². The van der Waals surface area contributed by atoms with Crippen LogP contribution in [0.5, 0.6) is 0 Å². The van der Waals surface area contributed by atoms with Gasteiger partial charge in [-0.1, -0.05) is 66.2 Å². The number of nitrogens with two attached hydrogens (primary N) is 1. The number of hydrogen-bond acceptors (Lipinski definition) is 2. The fourth-order valence-corrected chi connectivity index (χ4v) is 3.11. The highest BCUT2D eigenvalue weighted by atomic mass is 35.5. The molecular formula is C21H19ClN2O2. The molecule has 3 rings (SSSR count). The molecule has 0 saturated heterocycles. The van der Waals surface area contributed by atoms with Crippen molar-refractivity contribution in [3.05, 3.63) is 82.9 Å². The Balaban J connectivity index is 1.68. The molecule has 2 amide bonds. The Morgan fingerprint density at radius 2 is 1.69 bits per heavy atom. The van der Waals surface area contributed by atoms with Gasteiger partial charge in [-0.25, -0.2) is 0 Å². The van der Waals surface area contributed by atoms with E-state index in [1.165, 1.54) is 0 Å². The van der Waals surface area contributed by atoms with Crippen LogP contribution in [0.3, 0.4) is 0 Å². The molecule has 0 aliphatic heterocycles. The van der Waals surface area contributed by atoms with Gasteiger partial charge in [-0.2, -0.15) is 0 Å². The molecular weight excluding hydrogens is 348 g/mol. The van der Waals surface area contributed by atoms with Gasteiger partial charge in [0.25, 0.3) is 0 Å². The molecule has 0 aliphatic carbocycles. The van der Waals surface area contributed by atoms with Crippen molar-refractivity contribution in [2.45, 2.75) is 18.9 Å². The normalized spacial score (nSPS) is 11.9. The molecule has 1 atom stereocenters. The first kappa shape index (κ1) is 18.0. The second-order valence-corrected chi connectivity index (χ2v) is 6.65. The minimum Gasteiger partial charge on any atom is -0.368 e. The number of fused-ring (bicyclic) bond motifs is 1. The summed E-state index contributed by atoms with van der Waals surface area (Å²) in [6.45, 7) is 0. The van der Waals surface area contributed by atoms with Gasteiger partial charge in [-0.15, -0.1) is 0 Å². The van der Waals surface area contributed by atoms with Crippen LogP contribution < -0.4 is 11.1 Å². The lowest BCUT2D eigenvalue weighted by atomic mass is 10.0. The zero-order valence-corrected chi connectivity index (χ0v) is 14.9. The molecule has 3 N–H and O–H groups in total. The number of rotatable bonds is 6. The third-order valence-electron chi connectivity index (χ3n) is 4.19. The third-order valence-corrected chi connectivity index (χ3v) is 4.42. The van der Waals surface area contributed by atoms with Crippen molar-refractivity contribution in [1.82, 2.24) is 5.32 Å². The van der Waals surface area contributed by atoms with Crippen molar-refractivity contribution in [2.24, 2.45) is 5.73 Å². The van der Waals surface area contributed by atoms with Crippen LogP contribution in [0.15, 0.2) is 66.7 Å². The highest BCUT2D eigenvalue weighted by Gasteiger charge is 2.19. The first-order valence-corrected chi connectivity index (χ1v) is 8.70. The van der Waals surface area contributed by atoms with Gasteiger partial charge in [0.05, 0.1) is 6.42 Å². The van der Waals surface area contributed by atoms with E-state index in [2.05, 4.69) is 5.32 Å². The molecule has 0 aliphatic rings. The molecule has 0 heterocycles. The minimum atomic E-state index is -0.776. The van der Waals surface area contributed by atoms with E-state index in [1.54, 1.807) is 18.2 Å². The fraction of sp³-hybridized carbons (Fsp3) is 0.143. The molecule has 0 unspecified atom stereocenters. The first-order valence-electron chi connectivity index (χ1n) is 8.32. The molecule has 4 nitrogen and oxygen atoms in total. The lowest BCUT2D eigenvalue weighted by molar-refractivity contribution is -0.127. The van der Waals surface area contributed by atoms with Crippen molar-refractivity contribution in [1.29, 1.82) is 0 Å². The quantitative estimate of drug-likeness (QED) is 0.702. The number of amides is 2. The van der Waals surface area contributed by atoms with Gasteiger partial charge in [0.2, 0.25) is 11.8 Å². The van der Waals surface area contributed by atoms with Crippen molar-refractivity contribution in [3.63, 3.8) is 0 Å². The van der Waals surface area contributed by atoms with Gasteiger partial charge in [0.15, 0.2) is 0 Å². The standard InChI is InChI=1S/C21H19ClN2O2/c22-18-7-3-4-14(11-18)12-19(21(23)26)24-20(25)13-15-8-9-16-5-1-2-6-17(16)10-15/h1-11,19H,12-13H2,(H2,23,26)(H,24,25)/t19-/m0/s1. The summed E-state index contributed by atoms with van der Waals surface area (Å²) in [6, 6.07) is 20.2. The van der Waals surface area contributed by atoms with Crippen LogP contribution in [0.25, 0.3) is 10.8 Å². The number of benzene rings is 3. The Kier molecular flexibility index (Phi) is 5.54. The van der Waals surface area contributed by atoms with Gasteiger partial charge in [-0.05, 0) is 34.0 Å². The Hall–Kier alpha value is -2.85. The summed E-state index contributed by atoms with van der Waals surface area (Å²) in [5, 5.41) is 5.49. The zero-order valence-electron chi connectivity index (χ0n) is 14.1. The second-order valence-electron chi connectivity index (χ2n) is 6.21. The van der Waals surface area contributed by atoms with E-state index in [-0.39, 0.29) is 12.3 Å². The molecule has 26 heavy (non-hydrogen) atoms. The van der Waals surface area contributed by atoms with Gasteiger partial charge in [0.1, 0.15) is 6.04 Å². The van der Waals surface area contributed by atoms with E-state index in [9.17, 15) is 9.59 Å². The molecule has 0 saturated carbocycles. The number of carbonyl (C=O) groups excluding carboxylic acids is 2. The van der Waals surface area contributed by atoms with Crippen LogP contribution >= 0.6 is 11.6 Å². The maximum absolute atomic E-state index is 12.4. The Labute approximate surface area is 157 Å². The predicted octanol–water partition coefficient (Wildman–Crippen LogP) is 3.25. The molecule has 0 aromatic heterocycles. The van der Waals surface area contributed by atoms with E-state index in [4.69, 9.17) is 17.3 Å². The summed E-state index contributed by atoms with van der Waals surface area (Å²) >= 11 is 5.97. The van der Waals surface area contributed by atoms with Crippen LogP contribution in [0.4, 0.5) is 0 Å². The van der Waals surface area contributed by atoms with Crippen LogP contribution in [0, 0.1) is 0 Å². The van der Waals surface area contributed by atoms with Gasteiger partial charge < -0.3 is 11.1 Å². The van der Waals surface area contributed by atoms with Crippen LogP contribution in [-0.4, -0.2) is 17.9 Å². The molecule has 3 aromatic rings. The molecule has 3 aromatic carbocycles. The number of halogens is 1. The summed E-state index contributed by atoms with van der Waals surface area (Å²) in [4.78, 5) is 24.1. The highest BCUT2D eigenvalue weighted by Crippen LogP contribution is 2.16. The van der Waals surface area contributed by atoms with E-state index in [0.29, 0.717) is 11.4 Å². The number of hydrogen-bond donors (Lipinski definition) is 2. The van der Waals surface area contributed by atoms with Gasteiger partial charge >= 0.3 is 0 Å². The van der Waals surface area contributed by atoms with E-state index >= 15 is 0 Å². The van der Waals surface area contributed by atoms with Crippen LogP contribution in [0.2, 0.25) is 5.02 Å². The average molecular weight is 367 g/mol. The molecule has 0 fully saturated rings. The Morgan fingerprint density at radius 3 is 2.42 bits per heavy atom. The first-order chi connectivity index (χ1) is 12.5. The monoisotopic (exact) mass is 366 g/mol. The van der Waals surface area contributed by atoms with Gasteiger partial charge in [-0.3, -0.25) is 9.59 Å². The van der Waals surface area contributed by atoms with Crippen molar-refractivity contribution >= 4 is 34.2 Å². The zero-order chi connectivity index (χ0) is 18.5. The summed E-state index contributed by atoms with van der Waals surface area (Å²) in [7, 11) is 0. The third kappa shape index (κ3) is 4.61. The summed E-state index contributed by atoms with van der Waals surface area (Å²) in [5.41, 5.74) is 7.17. The average Bonchev–Trinajstić information content (AvgIpc) is 2.61. The smallest absolute Gasteiger partial charge is 0.240 e. The van der Waals surface area contributed by atoms with Crippen molar-refractivity contribution in [3.8, 4) is 0 Å². The fourth-order valence-electron chi connectivity index (χ4n) is 2.90. The molecule has 0 radical (unpaired) electrons. The molecule has 5 heteroatoms. The number of nitrogens with one attached hydrogen (secondary N) is 1. The van der Waals surface area contributed by atoms with E-state index in [1.807, 2.05) is 48.5 Å². The Morgan fingerprint density at radius 1 is 0.923 bits per heavy atom. The van der Waals surface area contributed by atoms with Crippen molar-refractivity contribution in [2.75, 3.05) is 0 Å². The highest BCUT2D eigenvalue weighted by molar-refractivity contribution is 6.30. The van der Waals surface area contributed by atoms with Crippen LogP contribution in [-0.2, 0) is 22.4 Å². The van der Waals surface area contributed by atoms with E-state index in [0.717, 1.165) is 21.9 Å². The topological polar surface area (TPSA) is 72.2 Å². The maximum atomic E-state index is 12.4. The number of carbonyl (C=O) groups is 2. The molecule has 0 bridgehead atoms. The largest absolute Gasteiger partial charge is 0.368 e. The minimum absolute atomic E-state index is 0.185. The SMILES string of the molecule is NC(=O)[C@H](Cc1cccc(Cl)c1)NC(=O)Cc1ccc2ccccc2c1. The van der Waals surface area contributed by atoms with Gasteiger partial charge in [0, 0.05) is 11.4 Å². The lowest BCUT2D eigenvalue weighted by Gasteiger charge is -2.16. The predicted molar refractivity (Wildman–Crippen MR) is 104 cm³/mol. The number of primary amides is 1. The van der Waals surface area contributed by atoms with E-state index < -0.39 is 11.9 Å². The Bertz CT molecular complexity index is 955.